The lowest BCUT2D eigenvalue weighted by molar-refractivity contribution is -0.122. The highest BCUT2D eigenvalue weighted by atomic mass is 32.1. The Morgan fingerprint density at radius 2 is 1.55 bits per heavy atom. The summed E-state index contributed by atoms with van der Waals surface area (Å²) in [6.07, 6.45) is 4.71. The van der Waals surface area contributed by atoms with Gasteiger partial charge in [-0.1, -0.05) is 24.3 Å². The zero-order chi connectivity index (χ0) is 22.8. The summed E-state index contributed by atoms with van der Waals surface area (Å²) in [6, 6.07) is 21.6. The van der Waals surface area contributed by atoms with Crippen molar-refractivity contribution in [2.75, 3.05) is 4.90 Å². The van der Waals surface area contributed by atoms with Crippen LogP contribution in [0.5, 0.6) is 11.5 Å². The number of hydrogen-bond donors (Lipinski definition) is 1. The molecule has 0 unspecified atom stereocenters. The van der Waals surface area contributed by atoms with E-state index in [9.17, 15) is 9.59 Å². The van der Waals surface area contributed by atoms with Crippen molar-refractivity contribution in [2.45, 2.75) is 0 Å². The first kappa shape index (κ1) is 20.5. The number of carbonyl (C=O) groups is 2. The fourth-order valence-corrected chi connectivity index (χ4v) is 3.70. The number of para-hydroxylation sites is 1. The van der Waals surface area contributed by atoms with Crippen LogP contribution in [0.15, 0.2) is 90.8 Å². The fraction of sp³-hybridized carbons (Fsp3) is 0. The Morgan fingerprint density at radius 1 is 0.848 bits per heavy atom. The lowest BCUT2D eigenvalue weighted by Crippen LogP contribution is -2.54. The Hall–Kier alpha value is -4.43. The van der Waals surface area contributed by atoms with Crippen molar-refractivity contribution < 1.29 is 14.3 Å². The van der Waals surface area contributed by atoms with Crippen LogP contribution in [0, 0.1) is 0 Å². The van der Waals surface area contributed by atoms with E-state index in [1.54, 1.807) is 54.9 Å². The molecule has 1 aliphatic heterocycles. The molecule has 2 heterocycles. The molecule has 33 heavy (non-hydrogen) atoms. The van der Waals surface area contributed by atoms with Crippen LogP contribution in [0.1, 0.15) is 5.56 Å². The van der Waals surface area contributed by atoms with E-state index in [1.165, 1.54) is 11.0 Å². The van der Waals surface area contributed by atoms with E-state index in [4.69, 9.17) is 17.0 Å². The molecule has 8 heteroatoms. The first-order chi connectivity index (χ1) is 16.1. The van der Waals surface area contributed by atoms with E-state index >= 15 is 0 Å². The van der Waals surface area contributed by atoms with E-state index in [0.29, 0.717) is 28.3 Å². The van der Waals surface area contributed by atoms with E-state index < -0.39 is 11.8 Å². The molecule has 160 valence electrons. The number of hydrogen-bond acceptors (Lipinski definition) is 6. The predicted molar refractivity (Wildman–Crippen MR) is 129 cm³/mol. The summed E-state index contributed by atoms with van der Waals surface area (Å²) in [6.45, 7) is 0. The minimum absolute atomic E-state index is 0.0169. The van der Waals surface area contributed by atoms with Crippen molar-refractivity contribution in [3.8, 4) is 11.5 Å². The minimum Gasteiger partial charge on any atom is -0.457 e. The van der Waals surface area contributed by atoms with Crippen LogP contribution >= 0.6 is 12.2 Å². The van der Waals surface area contributed by atoms with Gasteiger partial charge in [-0.3, -0.25) is 29.8 Å². The van der Waals surface area contributed by atoms with Gasteiger partial charge in [0.15, 0.2) is 5.11 Å². The number of carbonyl (C=O) groups excluding carboxylic acids is 2. The second-order valence-electron chi connectivity index (χ2n) is 7.17. The maximum atomic E-state index is 13.2. The van der Waals surface area contributed by atoms with Crippen molar-refractivity contribution >= 4 is 51.9 Å². The lowest BCUT2D eigenvalue weighted by Gasteiger charge is -2.29. The first-order valence-corrected chi connectivity index (χ1v) is 10.4. The average molecular weight is 452 g/mol. The molecule has 2 amide bonds. The highest BCUT2D eigenvalue weighted by Crippen LogP contribution is 2.27. The molecule has 5 rings (SSSR count). The summed E-state index contributed by atoms with van der Waals surface area (Å²) in [4.78, 5) is 35.6. The second kappa shape index (κ2) is 8.60. The molecule has 1 aliphatic rings. The number of aromatic nitrogens is 2. The number of ether oxygens (including phenoxy) is 1. The number of anilines is 1. The maximum Gasteiger partial charge on any atom is 0.270 e. The van der Waals surface area contributed by atoms with E-state index in [0.717, 1.165) is 5.52 Å². The van der Waals surface area contributed by atoms with Gasteiger partial charge in [-0.15, -0.1) is 0 Å². The van der Waals surface area contributed by atoms with Gasteiger partial charge in [0.1, 0.15) is 17.1 Å². The van der Waals surface area contributed by atoms with Gasteiger partial charge in [0.2, 0.25) is 0 Å². The highest BCUT2D eigenvalue weighted by molar-refractivity contribution is 7.80. The van der Waals surface area contributed by atoms with Crippen LogP contribution in [0.4, 0.5) is 5.69 Å². The fourth-order valence-electron chi connectivity index (χ4n) is 3.42. The zero-order valence-corrected chi connectivity index (χ0v) is 18.0. The average Bonchev–Trinajstić information content (AvgIpc) is 2.83. The number of rotatable bonds is 4. The number of amides is 2. The van der Waals surface area contributed by atoms with Gasteiger partial charge in [-0.25, -0.2) is 0 Å². The Morgan fingerprint density at radius 3 is 2.30 bits per heavy atom. The standard InChI is InChI=1S/C25H16N4O3S/c30-23-20(14-16-6-11-21-22(15-16)27-13-12-26-21)24(31)29(25(33)28-23)17-7-9-19(10-8-17)32-18-4-2-1-3-5-18/h1-15H,(H,28,30,33)/b20-14+. The summed E-state index contributed by atoms with van der Waals surface area (Å²) in [7, 11) is 0. The van der Waals surface area contributed by atoms with Gasteiger partial charge in [0.05, 0.1) is 16.7 Å². The van der Waals surface area contributed by atoms with Crippen molar-refractivity contribution in [3.63, 3.8) is 0 Å². The molecule has 1 aromatic heterocycles. The number of nitrogens with one attached hydrogen (secondary N) is 1. The summed E-state index contributed by atoms with van der Waals surface area (Å²) < 4.78 is 5.80. The Labute approximate surface area is 194 Å². The largest absolute Gasteiger partial charge is 0.457 e. The van der Waals surface area contributed by atoms with Gasteiger partial charge in [0.25, 0.3) is 11.8 Å². The van der Waals surface area contributed by atoms with E-state index in [2.05, 4.69) is 15.3 Å². The summed E-state index contributed by atoms with van der Waals surface area (Å²) in [5.41, 5.74) is 2.52. The molecule has 1 fully saturated rings. The molecule has 4 aromatic rings. The van der Waals surface area contributed by atoms with Crippen molar-refractivity contribution in [3.05, 3.63) is 96.3 Å². The van der Waals surface area contributed by atoms with Gasteiger partial charge in [0, 0.05) is 12.4 Å². The van der Waals surface area contributed by atoms with Crippen LogP contribution in [0.2, 0.25) is 0 Å². The maximum absolute atomic E-state index is 13.2. The van der Waals surface area contributed by atoms with Crippen LogP contribution in [-0.4, -0.2) is 26.9 Å². The number of fused-ring (bicyclic) bond motifs is 1. The molecule has 3 aromatic carbocycles. The van der Waals surface area contributed by atoms with Crippen molar-refractivity contribution in [2.24, 2.45) is 0 Å². The summed E-state index contributed by atoms with van der Waals surface area (Å²) in [5, 5.41) is 2.61. The summed E-state index contributed by atoms with van der Waals surface area (Å²) >= 11 is 5.28. The van der Waals surface area contributed by atoms with Gasteiger partial charge in [-0.05, 0) is 72.4 Å². The Balaban J connectivity index is 1.43. The first-order valence-electron chi connectivity index (χ1n) is 10.0. The third kappa shape index (κ3) is 4.19. The molecule has 1 saturated heterocycles. The van der Waals surface area contributed by atoms with Crippen LogP contribution in [0.3, 0.4) is 0 Å². The number of benzene rings is 3. The number of thiocarbonyl (C=S) groups is 1. The third-order valence-corrected chi connectivity index (χ3v) is 5.26. The topological polar surface area (TPSA) is 84.4 Å². The molecule has 0 radical (unpaired) electrons. The van der Waals surface area contributed by atoms with Crippen molar-refractivity contribution in [1.29, 1.82) is 0 Å². The molecule has 0 spiro atoms. The van der Waals surface area contributed by atoms with Gasteiger partial charge >= 0.3 is 0 Å². The Kier molecular flexibility index (Phi) is 5.34. The molecule has 7 nitrogen and oxygen atoms in total. The predicted octanol–water partition coefficient (Wildman–Crippen LogP) is 4.25. The van der Waals surface area contributed by atoms with Gasteiger partial charge < -0.3 is 4.74 Å². The molecule has 0 saturated carbocycles. The second-order valence-corrected chi connectivity index (χ2v) is 7.56. The summed E-state index contributed by atoms with van der Waals surface area (Å²) in [5.74, 6) is 0.244. The third-order valence-electron chi connectivity index (χ3n) is 4.98. The monoisotopic (exact) mass is 452 g/mol. The van der Waals surface area contributed by atoms with E-state index in [1.807, 2.05) is 30.3 Å². The molecule has 0 bridgehead atoms. The van der Waals surface area contributed by atoms with Crippen LogP contribution in [0.25, 0.3) is 17.1 Å². The number of nitrogens with zero attached hydrogens (tertiary/aromatic N) is 3. The highest BCUT2D eigenvalue weighted by Gasteiger charge is 2.34. The lowest BCUT2D eigenvalue weighted by atomic mass is 10.1. The quantitative estimate of drug-likeness (QED) is 0.283. The van der Waals surface area contributed by atoms with Crippen LogP contribution in [-0.2, 0) is 9.59 Å². The van der Waals surface area contributed by atoms with Crippen LogP contribution < -0.4 is 15.0 Å². The molecule has 1 N–H and O–H groups in total. The van der Waals surface area contributed by atoms with E-state index in [-0.39, 0.29) is 10.7 Å². The normalized spacial score (nSPS) is 15.1. The van der Waals surface area contributed by atoms with Gasteiger partial charge in [-0.2, -0.15) is 0 Å². The smallest absolute Gasteiger partial charge is 0.270 e. The molecular formula is C25H16N4O3S. The van der Waals surface area contributed by atoms with Crippen molar-refractivity contribution in [1.82, 2.24) is 15.3 Å². The molecule has 0 atom stereocenters. The SMILES string of the molecule is O=C1NC(=S)N(c2ccc(Oc3ccccc3)cc2)C(=O)/C1=C/c1ccc2nccnc2c1. The minimum atomic E-state index is -0.551. The zero-order valence-electron chi connectivity index (χ0n) is 17.1. The molecular weight excluding hydrogens is 436 g/mol. The molecule has 0 aliphatic carbocycles. The Bertz CT molecular complexity index is 1420.